The predicted octanol–water partition coefficient (Wildman–Crippen LogP) is 2.47. The highest BCUT2D eigenvalue weighted by Crippen LogP contribution is 2.35. The van der Waals surface area contributed by atoms with Crippen molar-refractivity contribution in [3.63, 3.8) is 0 Å². The molecule has 0 aliphatic carbocycles. The average Bonchev–Trinajstić information content (AvgIpc) is 2.98. The highest BCUT2D eigenvalue weighted by atomic mass is 32.1. The van der Waals surface area contributed by atoms with Gasteiger partial charge in [0.15, 0.2) is 11.5 Å². The Kier molecular flexibility index (Phi) is 3.17. The lowest BCUT2D eigenvalue weighted by molar-refractivity contribution is 0.173. The Labute approximate surface area is 110 Å². The van der Waals surface area contributed by atoms with Crippen molar-refractivity contribution in [3.05, 3.63) is 39.8 Å². The first-order valence-corrected chi connectivity index (χ1v) is 6.64. The van der Waals surface area contributed by atoms with Crippen LogP contribution < -0.4 is 14.8 Å². The molecule has 0 atom stereocenters. The summed E-state index contributed by atoms with van der Waals surface area (Å²) in [6.07, 6.45) is 1.92. The minimum absolute atomic E-state index is 0.320. The number of fused-ring (bicyclic) bond motifs is 1. The van der Waals surface area contributed by atoms with Crippen molar-refractivity contribution in [2.24, 2.45) is 0 Å². The van der Waals surface area contributed by atoms with Gasteiger partial charge in [0.25, 0.3) is 0 Å². The third-order valence-corrected chi connectivity index (χ3v) is 3.67. The first-order chi connectivity index (χ1) is 8.83. The number of ether oxygens (including phenoxy) is 2. The maximum atomic E-state index is 5.46. The van der Waals surface area contributed by atoms with E-state index in [9.17, 15) is 0 Å². The van der Waals surface area contributed by atoms with Crippen molar-refractivity contribution in [1.29, 1.82) is 0 Å². The third kappa shape index (κ3) is 2.32. The number of nitrogens with zero attached hydrogens (tertiary/aromatic N) is 1. The van der Waals surface area contributed by atoms with E-state index >= 15 is 0 Å². The summed E-state index contributed by atoms with van der Waals surface area (Å²) in [5.41, 5.74) is 1.13. The fourth-order valence-corrected chi connectivity index (χ4v) is 2.70. The Balaban J connectivity index is 1.62. The number of nitrogens with one attached hydrogen (secondary N) is 1. The molecule has 3 rings (SSSR count). The summed E-state index contributed by atoms with van der Waals surface area (Å²) in [7, 11) is 0. The molecule has 94 valence electrons. The van der Waals surface area contributed by atoms with Crippen LogP contribution in [0.5, 0.6) is 11.5 Å². The van der Waals surface area contributed by atoms with Crippen LogP contribution in [0.15, 0.2) is 24.4 Å². The van der Waals surface area contributed by atoms with Crippen LogP contribution >= 0.6 is 11.3 Å². The first kappa shape index (κ1) is 11.5. The molecule has 5 heteroatoms. The maximum Gasteiger partial charge on any atom is 0.231 e. The minimum atomic E-state index is 0.320. The van der Waals surface area contributed by atoms with Gasteiger partial charge in [0, 0.05) is 29.7 Å². The molecule has 18 heavy (non-hydrogen) atoms. The maximum absolute atomic E-state index is 5.46. The van der Waals surface area contributed by atoms with Gasteiger partial charge in [0.05, 0.1) is 5.01 Å². The van der Waals surface area contributed by atoms with Crippen molar-refractivity contribution in [3.8, 4) is 11.5 Å². The number of aryl methyl sites for hydroxylation is 1. The van der Waals surface area contributed by atoms with Crippen LogP contribution in [-0.4, -0.2) is 11.8 Å². The zero-order valence-electron chi connectivity index (χ0n) is 10.1. The van der Waals surface area contributed by atoms with Crippen molar-refractivity contribution in [2.45, 2.75) is 20.0 Å². The number of aromatic nitrogens is 1. The summed E-state index contributed by atoms with van der Waals surface area (Å²) in [6, 6.07) is 5.97. The summed E-state index contributed by atoms with van der Waals surface area (Å²) < 4.78 is 10.8. The van der Waals surface area contributed by atoms with E-state index in [4.69, 9.17) is 9.47 Å². The van der Waals surface area contributed by atoms with E-state index in [0.717, 1.165) is 35.2 Å². The summed E-state index contributed by atoms with van der Waals surface area (Å²) in [4.78, 5) is 5.48. The SMILES string of the molecule is Cc1ncc(CNCc2cccc3c2OCO3)s1. The molecular weight excluding hydrogens is 248 g/mol. The van der Waals surface area contributed by atoms with E-state index < -0.39 is 0 Å². The van der Waals surface area contributed by atoms with Crippen molar-refractivity contribution < 1.29 is 9.47 Å². The van der Waals surface area contributed by atoms with Gasteiger partial charge < -0.3 is 14.8 Å². The predicted molar refractivity (Wildman–Crippen MR) is 70.0 cm³/mol. The molecule has 0 saturated heterocycles. The van der Waals surface area contributed by atoms with E-state index in [-0.39, 0.29) is 0 Å². The number of hydrogen-bond acceptors (Lipinski definition) is 5. The van der Waals surface area contributed by atoms with Gasteiger partial charge in [-0.25, -0.2) is 4.98 Å². The molecular formula is C13H14N2O2S. The quantitative estimate of drug-likeness (QED) is 0.919. The fourth-order valence-electron chi connectivity index (χ4n) is 1.94. The largest absolute Gasteiger partial charge is 0.454 e. The van der Waals surface area contributed by atoms with Crippen LogP contribution in [0.4, 0.5) is 0 Å². The molecule has 0 spiro atoms. The first-order valence-electron chi connectivity index (χ1n) is 5.82. The molecule has 0 fully saturated rings. The molecule has 2 aromatic rings. The van der Waals surface area contributed by atoms with Gasteiger partial charge in [0.1, 0.15) is 0 Å². The number of benzene rings is 1. The zero-order valence-corrected chi connectivity index (χ0v) is 10.9. The lowest BCUT2D eigenvalue weighted by atomic mass is 10.2. The van der Waals surface area contributed by atoms with E-state index in [0.29, 0.717) is 6.79 Å². The van der Waals surface area contributed by atoms with Gasteiger partial charge in [-0.3, -0.25) is 0 Å². The molecule has 4 nitrogen and oxygen atoms in total. The van der Waals surface area contributed by atoms with Crippen molar-refractivity contribution in [1.82, 2.24) is 10.3 Å². The standard InChI is InChI=1S/C13H14N2O2S/c1-9-15-7-11(18-9)6-14-5-10-3-2-4-12-13(10)17-8-16-12/h2-4,7,14H,5-6,8H2,1H3. The number of rotatable bonds is 4. The molecule has 0 amide bonds. The summed E-state index contributed by atoms with van der Waals surface area (Å²) >= 11 is 1.72. The minimum Gasteiger partial charge on any atom is -0.454 e. The smallest absolute Gasteiger partial charge is 0.231 e. The summed E-state index contributed by atoms with van der Waals surface area (Å²) in [6.45, 7) is 3.93. The Morgan fingerprint density at radius 3 is 3.11 bits per heavy atom. The van der Waals surface area contributed by atoms with Gasteiger partial charge in [-0.2, -0.15) is 0 Å². The Hall–Kier alpha value is -1.59. The van der Waals surface area contributed by atoms with E-state index in [1.54, 1.807) is 11.3 Å². The van der Waals surface area contributed by atoms with Crippen LogP contribution in [0, 0.1) is 6.92 Å². The average molecular weight is 262 g/mol. The Morgan fingerprint density at radius 1 is 1.33 bits per heavy atom. The number of thiazole rings is 1. The second-order valence-electron chi connectivity index (χ2n) is 4.10. The molecule has 0 saturated carbocycles. The zero-order chi connectivity index (χ0) is 12.4. The second-order valence-corrected chi connectivity index (χ2v) is 5.42. The van der Waals surface area contributed by atoms with Crippen LogP contribution in [0.1, 0.15) is 15.4 Å². The number of hydrogen-bond donors (Lipinski definition) is 1. The van der Waals surface area contributed by atoms with Gasteiger partial charge in [-0.15, -0.1) is 11.3 Å². The lowest BCUT2D eigenvalue weighted by Gasteiger charge is -2.06. The highest BCUT2D eigenvalue weighted by molar-refractivity contribution is 7.11. The lowest BCUT2D eigenvalue weighted by Crippen LogP contribution is -2.12. The van der Waals surface area contributed by atoms with Gasteiger partial charge in [-0.1, -0.05) is 12.1 Å². The fraction of sp³-hybridized carbons (Fsp3) is 0.308. The molecule has 0 radical (unpaired) electrons. The molecule has 1 aliphatic rings. The normalized spacial score (nSPS) is 12.9. The van der Waals surface area contributed by atoms with Crippen molar-refractivity contribution in [2.75, 3.05) is 6.79 Å². The van der Waals surface area contributed by atoms with E-state index in [1.165, 1.54) is 4.88 Å². The Bertz CT molecular complexity index is 554. The van der Waals surface area contributed by atoms with Crippen LogP contribution in [0.2, 0.25) is 0 Å². The van der Waals surface area contributed by atoms with Gasteiger partial charge >= 0.3 is 0 Å². The van der Waals surface area contributed by atoms with Crippen LogP contribution in [0.25, 0.3) is 0 Å². The summed E-state index contributed by atoms with van der Waals surface area (Å²) in [5.74, 6) is 1.70. The molecule has 1 aliphatic heterocycles. The molecule has 1 N–H and O–H groups in total. The monoisotopic (exact) mass is 262 g/mol. The highest BCUT2D eigenvalue weighted by Gasteiger charge is 2.16. The summed E-state index contributed by atoms with van der Waals surface area (Å²) in [5, 5.41) is 4.50. The topological polar surface area (TPSA) is 43.4 Å². The van der Waals surface area contributed by atoms with Crippen molar-refractivity contribution >= 4 is 11.3 Å². The van der Waals surface area contributed by atoms with Gasteiger partial charge in [-0.05, 0) is 13.0 Å². The second kappa shape index (κ2) is 4.96. The molecule has 1 aromatic carbocycles. The number of para-hydroxylation sites is 1. The third-order valence-electron chi connectivity index (χ3n) is 2.76. The van der Waals surface area contributed by atoms with E-state index in [2.05, 4.69) is 16.4 Å². The van der Waals surface area contributed by atoms with Crippen LogP contribution in [-0.2, 0) is 13.1 Å². The van der Waals surface area contributed by atoms with Crippen LogP contribution in [0.3, 0.4) is 0 Å². The molecule has 2 heterocycles. The van der Waals surface area contributed by atoms with E-state index in [1.807, 2.05) is 25.3 Å². The van der Waals surface area contributed by atoms with Gasteiger partial charge in [0.2, 0.25) is 6.79 Å². The Morgan fingerprint density at radius 2 is 2.28 bits per heavy atom. The molecule has 0 unspecified atom stereocenters. The molecule has 1 aromatic heterocycles. The molecule has 0 bridgehead atoms.